The zero-order valence-corrected chi connectivity index (χ0v) is 12.6. The molecule has 0 radical (unpaired) electrons. The number of nitro benzene ring substituents is 2. The highest BCUT2D eigenvalue weighted by Gasteiger charge is 2.31. The van der Waals surface area contributed by atoms with Gasteiger partial charge in [0.15, 0.2) is 5.78 Å². The van der Waals surface area contributed by atoms with Crippen molar-refractivity contribution >= 4 is 30.7 Å². The third-order valence-corrected chi connectivity index (χ3v) is 3.07. The summed E-state index contributed by atoms with van der Waals surface area (Å²) in [6.45, 7) is 2.34. The summed E-state index contributed by atoms with van der Waals surface area (Å²) in [7, 11) is -4.93. The van der Waals surface area contributed by atoms with Gasteiger partial charge >= 0.3 is 13.5 Å². The lowest BCUT2D eigenvalue weighted by molar-refractivity contribution is -0.394. The van der Waals surface area contributed by atoms with Crippen LogP contribution >= 0.6 is 7.82 Å². The second-order valence-electron chi connectivity index (χ2n) is 4.04. The second-order valence-corrected chi connectivity index (χ2v) is 5.32. The van der Waals surface area contributed by atoms with Crippen LogP contribution in [0.1, 0.15) is 13.8 Å². The van der Waals surface area contributed by atoms with Gasteiger partial charge in [0.05, 0.1) is 15.9 Å². The molecule has 0 heterocycles. The molecule has 12 nitrogen and oxygen atoms in total. The molecule has 0 saturated heterocycles. The van der Waals surface area contributed by atoms with E-state index >= 15 is 0 Å². The van der Waals surface area contributed by atoms with Crippen molar-refractivity contribution in [2.24, 2.45) is 5.16 Å². The van der Waals surface area contributed by atoms with E-state index in [-0.39, 0.29) is 5.71 Å². The Balaban J connectivity index is 3.10. The van der Waals surface area contributed by atoms with Crippen molar-refractivity contribution in [2.75, 3.05) is 0 Å². The van der Waals surface area contributed by atoms with Gasteiger partial charge in [-0.25, -0.2) is 4.57 Å². The molecule has 23 heavy (non-hydrogen) atoms. The summed E-state index contributed by atoms with van der Waals surface area (Å²) in [5, 5.41) is 24.5. The minimum Gasteiger partial charge on any atom is -0.387 e. The molecule has 1 N–H and O–H groups in total. The van der Waals surface area contributed by atoms with Crippen LogP contribution in [0.25, 0.3) is 0 Å². The number of nitrogens with zero attached hydrogens (tertiary/aromatic N) is 3. The Labute approximate surface area is 128 Å². The Morgan fingerprint density at radius 2 is 1.87 bits per heavy atom. The maximum Gasteiger partial charge on any atom is 0.605 e. The molecule has 1 aromatic rings. The number of oxime groups is 1. The van der Waals surface area contributed by atoms with Crippen LogP contribution in [-0.4, -0.2) is 26.2 Å². The van der Waals surface area contributed by atoms with Crippen LogP contribution in [0.5, 0.6) is 5.75 Å². The molecule has 124 valence electrons. The van der Waals surface area contributed by atoms with Crippen molar-refractivity contribution in [2.45, 2.75) is 13.8 Å². The Morgan fingerprint density at radius 1 is 1.26 bits per heavy atom. The van der Waals surface area contributed by atoms with Gasteiger partial charge in [-0.3, -0.25) is 34.5 Å². The third-order valence-electron chi connectivity index (χ3n) is 2.35. The molecule has 0 aliphatic carbocycles. The molecule has 0 saturated carbocycles. The van der Waals surface area contributed by atoms with Crippen LogP contribution in [0.2, 0.25) is 0 Å². The van der Waals surface area contributed by atoms with Gasteiger partial charge in [0.25, 0.3) is 5.69 Å². The van der Waals surface area contributed by atoms with Crippen molar-refractivity contribution < 1.29 is 33.2 Å². The van der Waals surface area contributed by atoms with Crippen LogP contribution < -0.4 is 4.52 Å². The molecule has 13 heteroatoms. The molecule has 1 aromatic carbocycles. The first-order valence-corrected chi connectivity index (χ1v) is 7.22. The highest BCUT2D eigenvalue weighted by Crippen LogP contribution is 2.47. The van der Waals surface area contributed by atoms with Gasteiger partial charge in [0, 0.05) is 13.0 Å². The Kier molecular flexibility index (Phi) is 5.49. The zero-order valence-electron chi connectivity index (χ0n) is 11.7. The number of non-ortho nitro benzene ring substituents is 1. The molecule has 0 amide bonds. The standard InChI is InChI=1S/C10H10N3O9P/c1-6(7(2)14)11-22-23(19,20)21-10-4-3-8(12(15)16)5-9(10)13(17)18/h3-5H,1-2H3,(H,19,20)/b11-6+. The molecule has 0 bridgehead atoms. The number of nitro groups is 2. The van der Waals surface area contributed by atoms with E-state index in [1.165, 1.54) is 6.92 Å². The predicted molar refractivity (Wildman–Crippen MR) is 75.1 cm³/mol. The van der Waals surface area contributed by atoms with Crippen molar-refractivity contribution in [1.82, 2.24) is 0 Å². The molecule has 1 atom stereocenters. The van der Waals surface area contributed by atoms with E-state index in [0.29, 0.717) is 6.07 Å². The summed E-state index contributed by atoms with van der Waals surface area (Å²) in [4.78, 5) is 39.8. The number of benzene rings is 1. The topological polar surface area (TPSA) is 171 Å². The van der Waals surface area contributed by atoms with Gasteiger partial charge < -0.3 is 4.52 Å². The average molecular weight is 347 g/mol. The fraction of sp³-hybridized carbons (Fsp3) is 0.200. The Hall–Kier alpha value is -2.85. The van der Waals surface area contributed by atoms with Gasteiger partial charge in [-0.1, -0.05) is 5.16 Å². The summed E-state index contributed by atoms with van der Waals surface area (Å²) in [6, 6.07) is 2.16. The van der Waals surface area contributed by atoms with E-state index in [9.17, 15) is 34.5 Å². The minimum atomic E-state index is -4.93. The number of phosphoric acid groups is 1. The largest absolute Gasteiger partial charge is 0.605 e. The quantitative estimate of drug-likeness (QED) is 0.335. The predicted octanol–water partition coefficient (Wildman–Crippen LogP) is 1.96. The van der Waals surface area contributed by atoms with E-state index in [4.69, 9.17) is 0 Å². The van der Waals surface area contributed by atoms with Gasteiger partial charge in [0.2, 0.25) is 5.75 Å². The van der Waals surface area contributed by atoms with Crippen LogP contribution in [0, 0.1) is 20.2 Å². The molecule has 1 rings (SSSR count). The number of rotatable bonds is 7. The normalized spacial score (nSPS) is 13.8. The van der Waals surface area contributed by atoms with E-state index in [1.807, 2.05) is 0 Å². The summed E-state index contributed by atoms with van der Waals surface area (Å²) < 4.78 is 20.3. The molecular formula is C10H10N3O9P. The Morgan fingerprint density at radius 3 is 2.35 bits per heavy atom. The number of phosphoric ester groups is 1. The third kappa shape index (κ3) is 5.13. The highest BCUT2D eigenvalue weighted by molar-refractivity contribution is 7.47. The smallest absolute Gasteiger partial charge is 0.387 e. The Bertz CT molecular complexity index is 745. The van der Waals surface area contributed by atoms with Crippen LogP contribution in [0.3, 0.4) is 0 Å². The first-order valence-electron chi connectivity index (χ1n) is 5.73. The van der Waals surface area contributed by atoms with Gasteiger partial charge in [-0.05, 0) is 13.0 Å². The van der Waals surface area contributed by atoms with Gasteiger partial charge in [-0.2, -0.15) is 0 Å². The van der Waals surface area contributed by atoms with Crippen molar-refractivity contribution in [3.63, 3.8) is 0 Å². The number of Topliss-reactive ketones (excluding diaryl/α,β-unsaturated/α-hetero) is 1. The van der Waals surface area contributed by atoms with Gasteiger partial charge in [0.1, 0.15) is 5.71 Å². The summed E-state index contributed by atoms with van der Waals surface area (Å²) in [5.74, 6) is -1.27. The van der Waals surface area contributed by atoms with E-state index in [0.717, 1.165) is 19.1 Å². The fourth-order valence-electron chi connectivity index (χ4n) is 1.16. The molecule has 0 fully saturated rings. The number of hydrogen-bond donors (Lipinski definition) is 1. The first kappa shape index (κ1) is 18.2. The number of carbonyl (C=O) groups excluding carboxylic acids is 1. The molecule has 0 spiro atoms. The SMILES string of the molecule is CC(=O)/C(C)=N/OP(=O)(O)Oc1ccc([N+](=O)[O-])cc1[N+](=O)[O-]. The molecule has 0 aliphatic rings. The van der Waals surface area contributed by atoms with E-state index in [1.54, 1.807) is 0 Å². The number of carbonyl (C=O) groups is 1. The van der Waals surface area contributed by atoms with Crippen molar-refractivity contribution in [3.05, 3.63) is 38.4 Å². The zero-order chi connectivity index (χ0) is 17.8. The van der Waals surface area contributed by atoms with Gasteiger partial charge in [-0.15, -0.1) is 0 Å². The number of hydrogen-bond acceptors (Lipinski definition) is 9. The lowest BCUT2D eigenvalue weighted by atomic mass is 10.2. The van der Waals surface area contributed by atoms with E-state index in [2.05, 4.69) is 14.3 Å². The fourth-order valence-corrected chi connectivity index (χ4v) is 1.82. The summed E-state index contributed by atoms with van der Waals surface area (Å²) in [5.41, 5.74) is -1.76. The highest BCUT2D eigenvalue weighted by atomic mass is 31.2. The van der Waals surface area contributed by atoms with Crippen LogP contribution in [0.4, 0.5) is 11.4 Å². The molecule has 1 unspecified atom stereocenters. The second kappa shape index (κ2) is 6.94. The van der Waals surface area contributed by atoms with Crippen LogP contribution in [-0.2, 0) is 14.0 Å². The monoisotopic (exact) mass is 347 g/mol. The lowest BCUT2D eigenvalue weighted by Gasteiger charge is -2.10. The van der Waals surface area contributed by atoms with Crippen molar-refractivity contribution in [1.29, 1.82) is 0 Å². The summed E-state index contributed by atoms with van der Waals surface area (Å²) in [6.07, 6.45) is 0. The molecular weight excluding hydrogens is 337 g/mol. The molecule has 0 aliphatic heterocycles. The van der Waals surface area contributed by atoms with Crippen LogP contribution in [0.15, 0.2) is 23.4 Å². The first-order chi connectivity index (χ1) is 10.5. The number of ketones is 1. The molecule has 0 aromatic heterocycles. The average Bonchev–Trinajstić information content (AvgIpc) is 2.44. The van der Waals surface area contributed by atoms with E-state index < -0.39 is 40.6 Å². The van der Waals surface area contributed by atoms with Crippen molar-refractivity contribution in [3.8, 4) is 5.75 Å². The minimum absolute atomic E-state index is 0.235. The maximum absolute atomic E-state index is 11.6. The maximum atomic E-state index is 11.6. The summed E-state index contributed by atoms with van der Waals surface area (Å²) >= 11 is 0. The lowest BCUT2D eigenvalue weighted by Crippen LogP contribution is -2.06.